The second-order valence-electron chi connectivity index (χ2n) is 7.04. The van der Waals surface area contributed by atoms with Crippen molar-refractivity contribution in [3.05, 3.63) is 18.0 Å². The zero-order valence-electron chi connectivity index (χ0n) is 17.2. The molecule has 1 spiro atoms. The lowest BCUT2D eigenvalue weighted by atomic mass is 9.89. The monoisotopic (exact) mass is 396 g/mol. The number of carboxylic acid groups (broad SMARTS) is 2. The molecule has 0 amide bonds. The minimum absolute atomic E-state index is 0.0115. The number of carbonyl (C=O) groups is 2. The van der Waals surface area contributed by atoms with Crippen molar-refractivity contribution < 1.29 is 24.5 Å². The number of morpholine rings is 1. The summed E-state index contributed by atoms with van der Waals surface area (Å²) in [4.78, 5) is 31.7. The summed E-state index contributed by atoms with van der Waals surface area (Å²) in [5.41, 5.74) is 1.20. The van der Waals surface area contributed by atoms with Crippen LogP contribution in [0, 0.1) is 0 Å². The maximum Gasteiger partial charge on any atom is 0.300 e. The molecule has 158 valence electrons. The summed E-state index contributed by atoms with van der Waals surface area (Å²) in [5.74, 6) is -0.816. The van der Waals surface area contributed by atoms with Crippen molar-refractivity contribution in [2.75, 3.05) is 44.7 Å². The van der Waals surface area contributed by atoms with Gasteiger partial charge in [-0.2, -0.15) is 0 Å². The lowest BCUT2D eigenvalue weighted by Crippen LogP contribution is -2.56. The second-order valence-corrected chi connectivity index (χ2v) is 7.04. The van der Waals surface area contributed by atoms with E-state index < -0.39 is 11.9 Å². The maximum absolute atomic E-state index is 9.00. The zero-order valence-corrected chi connectivity index (χ0v) is 17.2. The summed E-state index contributed by atoms with van der Waals surface area (Å²) in [5, 5.41) is 14.8. The van der Waals surface area contributed by atoms with Crippen LogP contribution in [0.3, 0.4) is 0 Å². The van der Waals surface area contributed by atoms with Gasteiger partial charge in [-0.3, -0.25) is 9.59 Å². The van der Waals surface area contributed by atoms with E-state index in [2.05, 4.69) is 33.7 Å². The topological polar surface area (TPSA) is 116 Å². The fourth-order valence-corrected chi connectivity index (χ4v) is 3.04. The predicted molar refractivity (Wildman–Crippen MR) is 106 cm³/mol. The van der Waals surface area contributed by atoms with Crippen molar-refractivity contribution in [3.63, 3.8) is 0 Å². The third-order valence-corrected chi connectivity index (χ3v) is 4.53. The maximum atomic E-state index is 9.00. The number of hydrogen-bond donors (Lipinski definition) is 2. The number of anilines is 1. The van der Waals surface area contributed by atoms with Crippen molar-refractivity contribution in [1.29, 1.82) is 0 Å². The molecular formula is C19H32N4O5. The van der Waals surface area contributed by atoms with E-state index in [1.165, 1.54) is 5.56 Å². The van der Waals surface area contributed by atoms with Gasteiger partial charge in [0.05, 0.1) is 18.8 Å². The van der Waals surface area contributed by atoms with Crippen LogP contribution in [0.1, 0.15) is 39.2 Å². The molecule has 2 aliphatic rings. The van der Waals surface area contributed by atoms with E-state index in [0.29, 0.717) is 0 Å². The quantitative estimate of drug-likeness (QED) is 0.767. The van der Waals surface area contributed by atoms with Crippen molar-refractivity contribution in [2.45, 2.75) is 45.6 Å². The Morgan fingerprint density at radius 2 is 1.61 bits per heavy atom. The van der Waals surface area contributed by atoms with Crippen LogP contribution < -0.4 is 4.90 Å². The number of carboxylic acids is 2. The minimum atomic E-state index is -0.833. The number of likely N-dealkylation sites (tertiary alicyclic amines) is 1. The van der Waals surface area contributed by atoms with Gasteiger partial charge < -0.3 is 24.7 Å². The third kappa shape index (κ3) is 8.62. The number of aromatic nitrogens is 2. The standard InChI is InChI=1S/C15H24N4O.2C2H4O2/c1-3-13-10-16-14(17-11-13)19-8-9-20-15(12-19)4-6-18(2)7-5-15;2*1-2(3)4/h10-11H,3-9,12H2,1-2H3;2*1H3,(H,3,4). The fraction of sp³-hybridized carbons (Fsp3) is 0.684. The highest BCUT2D eigenvalue weighted by Crippen LogP contribution is 2.30. The Morgan fingerprint density at radius 1 is 1.11 bits per heavy atom. The van der Waals surface area contributed by atoms with Crippen molar-refractivity contribution in [3.8, 4) is 0 Å². The van der Waals surface area contributed by atoms with Crippen LogP contribution in [-0.2, 0) is 20.7 Å². The molecule has 2 fully saturated rings. The first kappa shape index (κ1) is 23.8. The molecule has 0 aliphatic carbocycles. The first-order valence-corrected chi connectivity index (χ1v) is 9.45. The average molecular weight is 396 g/mol. The van der Waals surface area contributed by atoms with Crippen molar-refractivity contribution in [1.82, 2.24) is 14.9 Å². The van der Waals surface area contributed by atoms with Gasteiger partial charge in [-0.05, 0) is 31.9 Å². The lowest BCUT2D eigenvalue weighted by molar-refractivity contribution is -0.135. The van der Waals surface area contributed by atoms with Gasteiger partial charge >= 0.3 is 0 Å². The number of aliphatic carboxylic acids is 2. The molecule has 3 rings (SSSR count). The van der Waals surface area contributed by atoms with Gasteiger partial charge in [-0.25, -0.2) is 9.97 Å². The smallest absolute Gasteiger partial charge is 0.300 e. The summed E-state index contributed by atoms with van der Waals surface area (Å²) in [6.45, 7) is 9.12. The van der Waals surface area contributed by atoms with E-state index in [0.717, 1.165) is 71.8 Å². The van der Waals surface area contributed by atoms with Crippen molar-refractivity contribution >= 4 is 17.9 Å². The highest BCUT2D eigenvalue weighted by Gasteiger charge is 2.39. The van der Waals surface area contributed by atoms with Gasteiger partial charge in [0.25, 0.3) is 11.9 Å². The zero-order chi connectivity index (χ0) is 21.2. The lowest BCUT2D eigenvalue weighted by Gasteiger charge is -2.46. The van der Waals surface area contributed by atoms with Crippen LogP contribution in [0.15, 0.2) is 12.4 Å². The summed E-state index contributed by atoms with van der Waals surface area (Å²) in [6.07, 6.45) is 7.08. The highest BCUT2D eigenvalue weighted by atomic mass is 16.5. The number of aryl methyl sites for hydroxylation is 1. The van der Waals surface area contributed by atoms with E-state index in [-0.39, 0.29) is 5.60 Å². The van der Waals surface area contributed by atoms with Gasteiger partial charge in [-0.1, -0.05) is 6.92 Å². The van der Waals surface area contributed by atoms with Gasteiger partial charge in [-0.15, -0.1) is 0 Å². The number of rotatable bonds is 2. The van der Waals surface area contributed by atoms with Crippen LogP contribution in [0.4, 0.5) is 5.95 Å². The second kappa shape index (κ2) is 11.6. The number of nitrogens with zero attached hydrogens (tertiary/aromatic N) is 4. The molecule has 0 saturated carbocycles. The molecule has 2 aliphatic heterocycles. The Morgan fingerprint density at radius 3 is 2.07 bits per heavy atom. The molecule has 0 aromatic carbocycles. The Hall–Kier alpha value is -2.26. The average Bonchev–Trinajstić information content (AvgIpc) is 2.64. The van der Waals surface area contributed by atoms with E-state index in [1.807, 2.05) is 12.4 Å². The molecule has 2 N–H and O–H groups in total. The van der Waals surface area contributed by atoms with Gasteiger partial charge in [0.2, 0.25) is 5.95 Å². The van der Waals surface area contributed by atoms with Crippen LogP contribution >= 0.6 is 0 Å². The van der Waals surface area contributed by atoms with Gasteiger partial charge in [0.1, 0.15) is 0 Å². The highest BCUT2D eigenvalue weighted by molar-refractivity contribution is 5.63. The Balaban J connectivity index is 0.000000420. The first-order chi connectivity index (χ1) is 13.2. The van der Waals surface area contributed by atoms with Crippen LogP contribution in [0.25, 0.3) is 0 Å². The largest absolute Gasteiger partial charge is 0.481 e. The Kier molecular flexibility index (Phi) is 9.81. The van der Waals surface area contributed by atoms with Gasteiger partial charge in [0.15, 0.2) is 0 Å². The molecule has 1 aromatic heterocycles. The fourth-order valence-electron chi connectivity index (χ4n) is 3.04. The van der Waals surface area contributed by atoms with Crippen LogP contribution in [0.5, 0.6) is 0 Å². The molecule has 3 heterocycles. The molecular weight excluding hydrogens is 364 g/mol. The van der Waals surface area contributed by atoms with E-state index >= 15 is 0 Å². The summed E-state index contributed by atoms with van der Waals surface area (Å²) < 4.78 is 6.13. The first-order valence-electron chi connectivity index (χ1n) is 9.45. The van der Waals surface area contributed by atoms with Crippen LogP contribution in [-0.4, -0.2) is 82.5 Å². The molecule has 2 saturated heterocycles. The van der Waals surface area contributed by atoms with E-state index in [4.69, 9.17) is 24.5 Å². The summed E-state index contributed by atoms with van der Waals surface area (Å²) in [6, 6.07) is 0. The molecule has 0 atom stereocenters. The summed E-state index contributed by atoms with van der Waals surface area (Å²) in [7, 11) is 2.18. The molecule has 1 aromatic rings. The SMILES string of the molecule is CC(=O)O.CC(=O)O.CCc1cnc(N2CCOC3(CCN(C)CC3)C2)nc1. The normalized spacial score (nSPS) is 18.4. The third-order valence-electron chi connectivity index (χ3n) is 4.53. The van der Waals surface area contributed by atoms with Crippen LogP contribution in [0.2, 0.25) is 0 Å². The number of ether oxygens (including phenoxy) is 1. The molecule has 0 radical (unpaired) electrons. The number of piperidine rings is 1. The van der Waals surface area contributed by atoms with Crippen molar-refractivity contribution in [2.24, 2.45) is 0 Å². The van der Waals surface area contributed by atoms with E-state index in [1.54, 1.807) is 0 Å². The molecule has 28 heavy (non-hydrogen) atoms. The molecule has 9 heteroatoms. The molecule has 9 nitrogen and oxygen atoms in total. The molecule has 0 unspecified atom stereocenters. The minimum Gasteiger partial charge on any atom is -0.481 e. The summed E-state index contributed by atoms with van der Waals surface area (Å²) >= 11 is 0. The Labute approximate surface area is 166 Å². The molecule has 0 bridgehead atoms. The van der Waals surface area contributed by atoms with Gasteiger partial charge in [0, 0.05) is 45.9 Å². The Bertz CT molecular complexity index is 595. The predicted octanol–water partition coefficient (Wildman–Crippen LogP) is 1.52. The number of hydrogen-bond acceptors (Lipinski definition) is 7. The van der Waals surface area contributed by atoms with E-state index in [9.17, 15) is 0 Å².